The first-order valence-corrected chi connectivity index (χ1v) is 6.59. The van der Waals surface area contributed by atoms with Crippen LogP contribution in [0.2, 0.25) is 0 Å². The molecule has 21 heavy (non-hydrogen) atoms. The lowest BCUT2D eigenvalue weighted by Gasteiger charge is -2.25. The van der Waals surface area contributed by atoms with E-state index in [-0.39, 0.29) is 12.8 Å². The summed E-state index contributed by atoms with van der Waals surface area (Å²) in [6.07, 6.45) is 0.608. The first-order chi connectivity index (χ1) is 9.82. The van der Waals surface area contributed by atoms with Gasteiger partial charge in [0.2, 0.25) is 0 Å². The Morgan fingerprint density at radius 1 is 1.38 bits per heavy atom. The van der Waals surface area contributed by atoms with Gasteiger partial charge in [0.15, 0.2) is 0 Å². The van der Waals surface area contributed by atoms with Crippen LogP contribution in [0.1, 0.15) is 32.3 Å². The number of benzene rings is 1. The number of carbonyl (C=O) groups excluding carboxylic acids is 1. The highest BCUT2D eigenvalue weighted by Crippen LogP contribution is 2.14. The molecule has 0 spiro atoms. The van der Waals surface area contributed by atoms with Gasteiger partial charge in [-0.15, -0.1) is 0 Å². The fraction of sp³-hybridized carbons (Fsp3) is 0.400. The Morgan fingerprint density at radius 3 is 2.71 bits per heavy atom. The summed E-state index contributed by atoms with van der Waals surface area (Å²) in [6, 6.07) is 8.67. The molecule has 0 aliphatic carbocycles. The molecule has 1 rings (SSSR count). The average Bonchev–Trinajstić information content (AvgIpc) is 2.36. The zero-order valence-electron chi connectivity index (χ0n) is 12.1. The van der Waals surface area contributed by atoms with E-state index in [1.165, 1.54) is 0 Å². The molecule has 0 aliphatic heterocycles. The molecular formula is C15H19N3O3. The van der Waals surface area contributed by atoms with Gasteiger partial charge in [0.1, 0.15) is 0 Å². The number of carboxylic acid groups (broad SMARTS) is 1. The van der Waals surface area contributed by atoms with Gasteiger partial charge in [0, 0.05) is 17.6 Å². The van der Waals surface area contributed by atoms with Crippen molar-refractivity contribution in [3.63, 3.8) is 0 Å². The highest BCUT2D eigenvalue weighted by molar-refractivity contribution is 5.89. The van der Waals surface area contributed by atoms with Crippen molar-refractivity contribution in [1.82, 2.24) is 5.32 Å². The zero-order chi connectivity index (χ0) is 15.9. The number of hydrogen-bond donors (Lipinski definition) is 3. The van der Waals surface area contributed by atoms with Crippen molar-refractivity contribution in [2.45, 2.75) is 38.6 Å². The third-order valence-electron chi connectivity index (χ3n) is 2.88. The minimum atomic E-state index is -0.894. The molecule has 0 atom stereocenters. The van der Waals surface area contributed by atoms with E-state index in [1.807, 2.05) is 12.1 Å². The molecule has 0 aliphatic rings. The van der Waals surface area contributed by atoms with E-state index in [0.717, 1.165) is 5.56 Å². The second-order valence-electron chi connectivity index (χ2n) is 5.39. The van der Waals surface area contributed by atoms with E-state index < -0.39 is 17.5 Å². The number of nitrogens with one attached hydrogen (secondary N) is 2. The van der Waals surface area contributed by atoms with Crippen molar-refractivity contribution < 1.29 is 14.7 Å². The second kappa shape index (κ2) is 7.29. The zero-order valence-corrected chi connectivity index (χ0v) is 12.1. The summed E-state index contributed by atoms with van der Waals surface area (Å²) in [7, 11) is 0. The maximum Gasteiger partial charge on any atom is 0.319 e. The van der Waals surface area contributed by atoms with Gasteiger partial charge in [-0.3, -0.25) is 4.79 Å². The lowest BCUT2D eigenvalue weighted by Crippen LogP contribution is -2.45. The molecule has 1 aromatic rings. The number of aliphatic carboxylic acids is 1. The fourth-order valence-electron chi connectivity index (χ4n) is 1.80. The Bertz CT molecular complexity index is 562. The molecule has 112 valence electrons. The van der Waals surface area contributed by atoms with Crippen molar-refractivity contribution >= 4 is 17.7 Å². The topological polar surface area (TPSA) is 102 Å². The fourth-order valence-corrected chi connectivity index (χ4v) is 1.80. The molecule has 3 N–H and O–H groups in total. The van der Waals surface area contributed by atoms with Crippen LogP contribution >= 0.6 is 0 Å². The molecule has 0 fully saturated rings. The molecule has 6 heteroatoms. The van der Waals surface area contributed by atoms with E-state index in [9.17, 15) is 9.59 Å². The van der Waals surface area contributed by atoms with Gasteiger partial charge in [-0.1, -0.05) is 12.1 Å². The number of carbonyl (C=O) groups is 2. The molecule has 0 unspecified atom stereocenters. The maximum atomic E-state index is 11.9. The highest BCUT2D eigenvalue weighted by Gasteiger charge is 2.21. The van der Waals surface area contributed by atoms with Gasteiger partial charge in [0.25, 0.3) is 0 Å². The maximum absolute atomic E-state index is 11.9. The third kappa shape index (κ3) is 6.43. The minimum Gasteiger partial charge on any atom is -0.481 e. The SMILES string of the molecule is CC(C)(CCC(=O)O)NC(=O)Nc1cccc(CC#N)c1. The van der Waals surface area contributed by atoms with Crippen molar-refractivity contribution in [2.24, 2.45) is 0 Å². The third-order valence-corrected chi connectivity index (χ3v) is 2.88. The smallest absolute Gasteiger partial charge is 0.319 e. The van der Waals surface area contributed by atoms with Crippen LogP contribution in [0.15, 0.2) is 24.3 Å². The molecule has 0 radical (unpaired) electrons. The summed E-state index contributed by atoms with van der Waals surface area (Å²) in [6.45, 7) is 3.53. The van der Waals surface area contributed by atoms with Crippen LogP contribution in [0.4, 0.5) is 10.5 Å². The Morgan fingerprint density at radius 2 is 2.10 bits per heavy atom. The highest BCUT2D eigenvalue weighted by atomic mass is 16.4. The van der Waals surface area contributed by atoms with Gasteiger partial charge in [-0.2, -0.15) is 5.26 Å². The normalized spacial score (nSPS) is 10.5. The Hall–Kier alpha value is -2.55. The molecule has 0 saturated heterocycles. The summed E-state index contributed by atoms with van der Waals surface area (Å²) in [5.41, 5.74) is 0.793. The summed E-state index contributed by atoms with van der Waals surface area (Å²) in [5, 5.41) is 22.7. The first-order valence-electron chi connectivity index (χ1n) is 6.59. The van der Waals surface area contributed by atoms with Crippen LogP contribution in [0, 0.1) is 11.3 Å². The molecule has 0 aromatic heterocycles. The predicted octanol–water partition coefficient (Wildman–Crippen LogP) is 2.52. The minimum absolute atomic E-state index is 0.00899. The molecular weight excluding hydrogens is 270 g/mol. The number of rotatable bonds is 6. The summed E-state index contributed by atoms with van der Waals surface area (Å²) in [5.74, 6) is -0.894. The van der Waals surface area contributed by atoms with E-state index in [4.69, 9.17) is 10.4 Å². The number of amides is 2. The van der Waals surface area contributed by atoms with E-state index in [1.54, 1.807) is 32.0 Å². The molecule has 6 nitrogen and oxygen atoms in total. The van der Waals surface area contributed by atoms with Gasteiger partial charge in [-0.25, -0.2) is 4.79 Å². The number of nitrogens with zero attached hydrogens (tertiary/aromatic N) is 1. The van der Waals surface area contributed by atoms with Crippen LogP contribution in [0.5, 0.6) is 0 Å². The van der Waals surface area contributed by atoms with E-state index in [2.05, 4.69) is 10.6 Å². The van der Waals surface area contributed by atoms with Gasteiger partial charge < -0.3 is 15.7 Å². The summed E-state index contributed by atoms with van der Waals surface area (Å²) < 4.78 is 0. The lowest BCUT2D eigenvalue weighted by atomic mass is 9.99. The molecule has 1 aromatic carbocycles. The van der Waals surface area contributed by atoms with Gasteiger partial charge in [0.05, 0.1) is 12.5 Å². The van der Waals surface area contributed by atoms with Crippen molar-refractivity contribution in [2.75, 3.05) is 5.32 Å². The van der Waals surface area contributed by atoms with Crippen LogP contribution in [0.25, 0.3) is 0 Å². The van der Waals surface area contributed by atoms with Crippen molar-refractivity contribution in [3.05, 3.63) is 29.8 Å². The molecule has 2 amide bonds. The Kier molecular flexibility index (Phi) is 5.73. The Labute approximate surface area is 123 Å². The quantitative estimate of drug-likeness (QED) is 0.748. The van der Waals surface area contributed by atoms with Gasteiger partial charge >= 0.3 is 12.0 Å². The van der Waals surface area contributed by atoms with E-state index >= 15 is 0 Å². The lowest BCUT2D eigenvalue weighted by molar-refractivity contribution is -0.137. The monoisotopic (exact) mass is 289 g/mol. The van der Waals surface area contributed by atoms with Crippen molar-refractivity contribution in [1.29, 1.82) is 5.26 Å². The predicted molar refractivity (Wildman–Crippen MR) is 78.9 cm³/mol. The van der Waals surface area contributed by atoms with E-state index in [0.29, 0.717) is 12.1 Å². The molecule has 0 heterocycles. The van der Waals surface area contributed by atoms with Crippen LogP contribution in [0.3, 0.4) is 0 Å². The summed E-state index contributed by atoms with van der Waals surface area (Å²) >= 11 is 0. The average molecular weight is 289 g/mol. The van der Waals surface area contributed by atoms with Crippen LogP contribution < -0.4 is 10.6 Å². The largest absolute Gasteiger partial charge is 0.481 e. The van der Waals surface area contributed by atoms with Crippen LogP contribution in [-0.2, 0) is 11.2 Å². The van der Waals surface area contributed by atoms with Crippen LogP contribution in [-0.4, -0.2) is 22.6 Å². The number of nitriles is 1. The molecule has 0 bridgehead atoms. The number of anilines is 1. The number of urea groups is 1. The number of hydrogen-bond acceptors (Lipinski definition) is 3. The van der Waals surface area contributed by atoms with Crippen molar-refractivity contribution in [3.8, 4) is 6.07 Å². The second-order valence-corrected chi connectivity index (χ2v) is 5.39. The summed E-state index contributed by atoms with van der Waals surface area (Å²) in [4.78, 5) is 22.5. The molecule has 0 saturated carbocycles. The number of carboxylic acids is 1. The Balaban J connectivity index is 2.59. The standard InChI is InChI=1S/C15H19N3O3/c1-15(2,8-6-13(19)20)18-14(21)17-12-5-3-4-11(10-12)7-9-16/h3-5,10H,6-8H2,1-2H3,(H,19,20)(H2,17,18,21). The first kappa shape index (κ1) is 16.5. The van der Waals surface area contributed by atoms with Gasteiger partial charge in [-0.05, 0) is 38.0 Å².